The lowest BCUT2D eigenvalue weighted by molar-refractivity contribution is -0.301. The van der Waals surface area contributed by atoms with Gasteiger partial charge in [-0.1, -0.05) is 13.5 Å². The second-order valence-corrected chi connectivity index (χ2v) is 2.51. The maximum atomic E-state index is 12.4. The molecule has 0 aromatic rings. The highest BCUT2D eigenvalue weighted by Gasteiger charge is 2.47. The van der Waals surface area contributed by atoms with Crippen LogP contribution in [0.2, 0.25) is 0 Å². The van der Waals surface area contributed by atoms with E-state index in [9.17, 15) is 27.5 Å². The minimum absolute atomic E-state index is 0.657. The van der Waals surface area contributed by atoms with Crippen molar-refractivity contribution in [3.8, 4) is 0 Å². The van der Waals surface area contributed by atoms with Crippen molar-refractivity contribution in [3.05, 3.63) is 12.2 Å². The molecule has 1 atom stereocenters. The van der Waals surface area contributed by atoms with Crippen LogP contribution in [-0.2, 0) is 4.79 Å². The second-order valence-electron chi connectivity index (χ2n) is 2.51. The molecule has 0 aliphatic carbocycles. The number of carbonyl (C=O) groups is 1. The van der Waals surface area contributed by atoms with Crippen molar-refractivity contribution >= 4 is 5.97 Å². The standard InChI is InChI=1S/C7H8F4O2/c1-3(5(12)13)4(2)7(10,11)6(8)9/h4,6H,1H2,2H3,(H,12,13)/p-1. The van der Waals surface area contributed by atoms with Crippen molar-refractivity contribution in [1.29, 1.82) is 0 Å². The molecule has 0 radical (unpaired) electrons. The molecule has 0 aliphatic heterocycles. The summed E-state index contributed by atoms with van der Waals surface area (Å²) < 4.78 is 48.3. The van der Waals surface area contributed by atoms with Crippen LogP contribution in [0.5, 0.6) is 0 Å². The third-order valence-corrected chi connectivity index (χ3v) is 1.65. The van der Waals surface area contributed by atoms with Gasteiger partial charge in [-0.3, -0.25) is 0 Å². The van der Waals surface area contributed by atoms with Gasteiger partial charge in [0, 0.05) is 0 Å². The molecule has 76 valence electrons. The third kappa shape index (κ3) is 2.43. The minimum Gasteiger partial charge on any atom is -0.545 e. The summed E-state index contributed by atoms with van der Waals surface area (Å²) in [5.74, 6) is -8.48. The first-order chi connectivity index (χ1) is 5.71. The molecule has 0 heterocycles. The average molecular weight is 199 g/mol. The number of carboxylic acid groups (broad SMARTS) is 1. The molecule has 0 amide bonds. The summed E-state index contributed by atoms with van der Waals surface area (Å²) in [6, 6.07) is 0. The summed E-state index contributed by atoms with van der Waals surface area (Å²) in [7, 11) is 0. The van der Waals surface area contributed by atoms with Crippen molar-refractivity contribution in [1.82, 2.24) is 0 Å². The third-order valence-electron chi connectivity index (χ3n) is 1.65. The fourth-order valence-corrected chi connectivity index (χ4v) is 0.598. The summed E-state index contributed by atoms with van der Waals surface area (Å²) in [4.78, 5) is 10.0. The Morgan fingerprint density at radius 2 is 1.85 bits per heavy atom. The number of aliphatic carboxylic acids is 1. The molecular weight excluding hydrogens is 192 g/mol. The number of carbonyl (C=O) groups excluding carboxylic acids is 1. The Morgan fingerprint density at radius 3 is 2.08 bits per heavy atom. The first kappa shape index (κ1) is 11.9. The van der Waals surface area contributed by atoms with Crippen molar-refractivity contribution in [2.45, 2.75) is 19.3 Å². The zero-order valence-corrected chi connectivity index (χ0v) is 6.69. The van der Waals surface area contributed by atoms with Crippen molar-refractivity contribution in [2.24, 2.45) is 5.92 Å². The average Bonchev–Trinajstić information content (AvgIpc) is 2.01. The Labute approximate surface area is 71.9 Å². The van der Waals surface area contributed by atoms with Crippen molar-refractivity contribution in [2.75, 3.05) is 0 Å². The molecule has 0 aliphatic rings. The van der Waals surface area contributed by atoms with E-state index in [2.05, 4.69) is 6.58 Å². The normalized spacial score (nSPS) is 14.3. The van der Waals surface area contributed by atoms with E-state index in [-0.39, 0.29) is 0 Å². The molecule has 0 fully saturated rings. The molecule has 0 aromatic heterocycles. The molecule has 1 unspecified atom stereocenters. The van der Waals surface area contributed by atoms with E-state index in [0.717, 1.165) is 0 Å². The van der Waals surface area contributed by atoms with Gasteiger partial charge in [0.25, 0.3) is 0 Å². The molecule has 0 bridgehead atoms. The van der Waals surface area contributed by atoms with Gasteiger partial charge in [0.2, 0.25) is 0 Å². The number of hydrogen-bond acceptors (Lipinski definition) is 2. The summed E-state index contributed by atoms with van der Waals surface area (Å²) in [5, 5.41) is 10.0. The summed E-state index contributed by atoms with van der Waals surface area (Å²) in [5.41, 5.74) is -1.04. The van der Waals surface area contributed by atoms with Gasteiger partial charge in [0.1, 0.15) is 0 Å². The van der Waals surface area contributed by atoms with Crippen LogP contribution in [0, 0.1) is 5.92 Å². The lowest BCUT2D eigenvalue weighted by atomic mass is 9.96. The maximum Gasteiger partial charge on any atom is 0.313 e. The van der Waals surface area contributed by atoms with Gasteiger partial charge in [-0.05, 0) is 5.57 Å². The van der Waals surface area contributed by atoms with E-state index in [0.29, 0.717) is 6.92 Å². The Bertz CT molecular complexity index is 225. The predicted octanol–water partition coefficient (Wildman–Crippen LogP) is 0.829. The Kier molecular flexibility index (Phi) is 3.45. The zero-order valence-electron chi connectivity index (χ0n) is 6.69. The fourth-order valence-electron chi connectivity index (χ4n) is 0.598. The molecule has 0 saturated heterocycles. The van der Waals surface area contributed by atoms with E-state index in [1.165, 1.54) is 0 Å². The molecule has 0 N–H and O–H groups in total. The minimum atomic E-state index is -4.39. The lowest BCUT2D eigenvalue weighted by Crippen LogP contribution is -2.39. The van der Waals surface area contributed by atoms with E-state index in [1.807, 2.05) is 0 Å². The number of carboxylic acids is 1. The van der Waals surface area contributed by atoms with Gasteiger partial charge in [-0.25, -0.2) is 8.78 Å². The largest absolute Gasteiger partial charge is 0.545 e. The first-order valence-electron chi connectivity index (χ1n) is 3.27. The second kappa shape index (κ2) is 3.76. The van der Waals surface area contributed by atoms with Crippen molar-refractivity contribution < 1.29 is 27.5 Å². The van der Waals surface area contributed by atoms with Gasteiger partial charge in [-0.15, -0.1) is 0 Å². The number of alkyl halides is 4. The Balaban J connectivity index is 4.68. The van der Waals surface area contributed by atoms with E-state index >= 15 is 0 Å². The van der Waals surface area contributed by atoms with Gasteiger partial charge >= 0.3 is 12.3 Å². The topological polar surface area (TPSA) is 40.1 Å². The smallest absolute Gasteiger partial charge is 0.313 e. The highest BCUT2D eigenvalue weighted by Crippen LogP contribution is 2.34. The fraction of sp³-hybridized carbons (Fsp3) is 0.571. The number of hydrogen-bond donors (Lipinski definition) is 0. The molecule has 0 saturated carbocycles. The molecule has 0 rings (SSSR count). The highest BCUT2D eigenvalue weighted by molar-refractivity contribution is 5.84. The van der Waals surface area contributed by atoms with Crippen LogP contribution < -0.4 is 5.11 Å². The molecule has 0 spiro atoms. The molecular formula is C7H7F4O2-. The molecule has 0 aromatic carbocycles. The van der Waals surface area contributed by atoms with E-state index < -0.39 is 29.8 Å². The molecule has 13 heavy (non-hydrogen) atoms. The van der Waals surface area contributed by atoms with Gasteiger partial charge in [0.15, 0.2) is 0 Å². The van der Waals surface area contributed by atoms with Crippen LogP contribution in [0.3, 0.4) is 0 Å². The summed E-state index contributed by atoms with van der Waals surface area (Å²) >= 11 is 0. The van der Waals surface area contributed by atoms with Crippen LogP contribution in [0.4, 0.5) is 17.6 Å². The van der Waals surface area contributed by atoms with Crippen molar-refractivity contribution in [3.63, 3.8) is 0 Å². The van der Waals surface area contributed by atoms with Gasteiger partial charge < -0.3 is 9.90 Å². The Hall–Kier alpha value is -1.07. The number of halogens is 4. The van der Waals surface area contributed by atoms with E-state index in [1.54, 1.807) is 0 Å². The SMILES string of the molecule is C=C(C(=O)[O-])C(C)C(F)(F)C(F)F. The van der Waals surface area contributed by atoms with Gasteiger partial charge in [-0.2, -0.15) is 8.78 Å². The summed E-state index contributed by atoms with van der Waals surface area (Å²) in [6.07, 6.45) is -3.92. The number of rotatable bonds is 4. The zero-order chi connectivity index (χ0) is 10.8. The maximum absolute atomic E-state index is 12.4. The highest BCUT2D eigenvalue weighted by atomic mass is 19.3. The van der Waals surface area contributed by atoms with E-state index in [4.69, 9.17) is 0 Å². The lowest BCUT2D eigenvalue weighted by Gasteiger charge is -2.24. The Morgan fingerprint density at radius 1 is 1.46 bits per heavy atom. The molecule has 6 heteroatoms. The van der Waals surface area contributed by atoms with Crippen LogP contribution in [-0.4, -0.2) is 18.3 Å². The first-order valence-corrected chi connectivity index (χ1v) is 3.27. The van der Waals surface area contributed by atoms with Crippen LogP contribution >= 0.6 is 0 Å². The van der Waals surface area contributed by atoms with Crippen LogP contribution in [0.1, 0.15) is 6.92 Å². The van der Waals surface area contributed by atoms with Gasteiger partial charge in [0.05, 0.1) is 11.9 Å². The quantitative estimate of drug-likeness (QED) is 0.497. The van der Waals surface area contributed by atoms with Crippen LogP contribution in [0.25, 0.3) is 0 Å². The summed E-state index contributed by atoms with van der Waals surface area (Å²) in [6.45, 7) is 3.38. The monoisotopic (exact) mass is 199 g/mol. The van der Waals surface area contributed by atoms with Crippen LogP contribution in [0.15, 0.2) is 12.2 Å². The predicted molar refractivity (Wildman–Crippen MR) is 34.3 cm³/mol. The molecule has 2 nitrogen and oxygen atoms in total.